The van der Waals surface area contributed by atoms with Crippen molar-refractivity contribution < 1.29 is 9.59 Å². The molecule has 1 heterocycles. The van der Waals surface area contributed by atoms with Gasteiger partial charge in [-0.25, -0.2) is 9.78 Å². The van der Waals surface area contributed by atoms with Crippen LogP contribution in [0, 0.1) is 5.41 Å². The molecule has 0 fully saturated rings. The first-order valence-electron chi connectivity index (χ1n) is 5.43. The van der Waals surface area contributed by atoms with E-state index in [4.69, 9.17) is 0 Å². The van der Waals surface area contributed by atoms with Gasteiger partial charge in [-0.3, -0.25) is 10.1 Å². The molecule has 5 nitrogen and oxygen atoms in total. The SMILES string of the molecule is CNC(=O)Nc1nc2c(s1)C(=O)CC(C)(C)C2. The summed E-state index contributed by atoms with van der Waals surface area (Å²) in [6.07, 6.45) is 1.32. The first kappa shape index (κ1) is 12.0. The van der Waals surface area contributed by atoms with Gasteiger partial charge in [-0.05, 0) is 11.8 Å². The number of rotatable bonds is 1. The second-order valence-corrected chi connectivity index (χ2v) is 5.94. The Morgan fingerprint density at radius 2 is 2.12 bits per heavy atom. The zero-order chi connectivity index (χ0) is 12.6. The Morgan fingerprint density at radius 3 is 2.76 bits per heavy atom. The summed E-state index contributed by atoms with van der Waals surface area (Å²) in [5, 5.41) is 5.54. The molecule has 2 amide bonds. The van der Waals surface area contributed by atoms with Crippen LogP contribution in [0.3, 0.4) is 0 Å². The van der Waals surface area contributed by atoms with Crippen molar-refractivity contribution in [3.05, 3.63) is 10.6 Å². The molecule has 17 heavy (non-hydrogen) atoms. The molecule has 0 unspecified atom stereocenters. The standard InChI is InChI=1S/C11H15N3O2S/c1-11(2)4-6-8(7(15)5-11)17-10(13-6)14-9(16)12-3/h4-5H2,1-3H3,(H2,12,13,14,16). The molecule has 0 atom stereocenters. The van der Waals surface area contributed by atoms with Crippen LogP contribution in [-0.2, 0) is 6.42 Å². The summed E-state index contributed by atoms with van der Waals surface area (Å²) in [5.41, 5.74) is 0.769. The third-order valence-electron chi connectivity index (χ3n) is 2.68. The van der Waals surface area contributed by atoms with E-state index < -0.39 is 0 Å². The maximum absolute atomic E-state index is 11.9. The molecule has 1 aliphatic rings. The van der Waals surface area contributed by atoms with E-state index in [0.29, 0.717) is 16.4 Å². The number of amides is 2. The number of thiazole rings is 1. The topological polar surface area (TPSA) is 71.1 Å². The van der Waals surface area contributed by atoms with Crippen molar-refractivity contribution in [3.63, 3.8) is 0 Å². The molecule has 0 bridgehead atoms. The Bertz CT molecular complexity index is 479. The van der Waals surface area contributed by atoms with Crippen LogP contribution in [-0.4, -0.2) is 23.8 Å². The number of nitrogens with one attached hydrogen (secondary N) is 2. The molecule has 1 aliphatic carbocycles. The second-order valence-electron chi connectivity index (χ2n) is 4.94. The first-order valence-corrected chi connectivity index (χ1v) is 6.24. The Kier molecular flexibility index (Phi) is 2.91. The van der Waals surface area contributed by atoms with Crippen molar-refractivity contribution in [2.75, 3.05) is 12.4 Å². The van der Waals surface area contributed by atoms with Crippen LogP contribution < -0.4 is 10.6 Å². The normalized spacial score (nSPS) is 17.5. The highest BCUT2D eigenvalue weighted by Gasteiger charge is 2.33. The van der Waals surface area contributed by atoms with Crippen LogP contribution >= 0.6 is 11.3 Å². The number of urea groups is 1. The van der Waals surface area contributed by atoms with Gasteiger partial charge in [-0.2, -0.15) is 0 Å². The smallest absolute Gasteiger partial charge is 0.320 e. The van der Waals surface area contributed by atoms with E-state index in [-0.39, 0.29) is 17.2 Å². The van der Waals surface area contributed by atoms with Crippen LogP contribution in [0.2, 0.25) is 0 Å². The van der Waals surface area contributed by atoms with E-state index in [1.807, 2.05) is 0 Å². The third kappa shape index (κ3) is 2.46. The highest BCUT2D eigenvalue weighted by atomic mass is 32.1. The summed E-state index contributed by atoms with van der Waals surface area (Å²) in [4.78, 5) is 28.1. The Morgan fingerprint density at radius 1 is 1.41 bits per heavy atom. The van der Waals surface area contributed by atoms with Crippen molar-refractivity contribution in [2.45, 2.75) is 26.7 Å². The summed E-state index contributed by atoms with van der Waals surface area (Å²) in [5.74, 6) is 0.124. The van der Waals surface area contributed by atoms with E-state index in [0.717, 1.165) is 12.1 Å². The number of nitrogens with zero attached hydrogens (tertiary/aromatic N) is 1. The van der Waals surface area contributed by atoms with Crippen LogP contribution in [0.25, 0.3) is 0 Å². The van der Waals surface area contributed by atoms with E-state index in [2.05, 4.69) is 29.5 Å². The second kappa shape index (κ2) is 4.10. The van der Waals surface area contributed by atoms with E-state index in [1.165, 1.54) is 18.4 Å². The minimum absolute atomic E-state index is 0.0392. The number of hydrogen-bond donors (Lipinski definition) is 2. The molecule has 2 rings (SSSR count). The average Bonchev–Trinajstić information content (AvgIpc) is 2.58. The van der Waals surface area contributed by atoms with Crippen molar-refractivity contribution in [2.24, 2.45) is 5.41 Å². The van der Waals surface area contributed by atoms with Gasteiger partial charge in [0.25, 0.3) is 0 Å². The molecular weight excluding hydrogens is 238 g/mol. The summed E-state index contributed by atoms with van der Waals surface area (Å²) in [7, 11) is 1.54. The molecule has 6 heteroatoms. The van der Waals surface area contributed by atoms with Gasteiger partial charge in [-0.15, -0.1) is 0 Å². The highest BCUT2D eigenvalue weighted by Crippen LogP contribution is 2.38. The van der Waals surface area contributed by atoms with E-state index in [9.17, 15) is 9.59 Å². The number of Topliss-reactive ketones (excluding diaryl/α,β-unsaturated/α-hetero) is 1. The van der Waals surface area contributed by atoms with Crippen molar-refractivity contribution >= 4 is 28.3 Å². The lowest BCUT2D eigenvalue weighted by Gasteiger charge is -2.26. The van der Waals surface area contributed by atoms with Crippen molar-refractivity contribution in [3.8, 4) is 0 Å². The largest absolute Gasteiger partial charge is 0.341 e. The molecule has 1 aromatic heterocycles. The zero-order valence-corrected chi connectivity index (χ0v) is 10.9. The van der Waals surface area contributed by atoms with Crippen LogP contribution in [0.4, 0.5) is 9.93 Å². The third-order valence-corrected chi connectivity index (χ3v) is 3.74. The van der Waals surface area contributed by atoms with Gasteiger partial charge in [0.15, 0.2) is 10.9 Å². The summed E-state index contributed by atoms with van der Waals surface area (Å²) in [6.45, 7) is 4.11. The Labute approximate surface area is 104 Å². The average molecular weight is 253 g/mol. The van der Waals surface area contributed by atoms with Crippen molar-refractivity contribution in [1.82, 2.24) is 10.3 Å². The number of aromatic nitrogens is 1. The van der Waals surface area contributed by atoms with Crippen LogP contribution in [0.15, 0.2) is 0 Å². The predicted octanol–water partition coefficient (Wildman–Crippen LogP) is 2.05. The molecule has 0 aliphatic heterocycles. The minimum Gasteiger partial charge on any atom is -0.341 e. The van der Waals surface area contributed by atoms with Gasteiger partial charge >= 0.3 is 6.03 Å². The Hall–Kier alpha value is -1.43. The van der Waals surface area contributed by atoms with Crippen LogP contribution in [0.1, 0.15) is 35.6 Å². The molecule has 0 saturated heterocycles. The maximum Gasteiger partial charge on any atom is 0.320 e. The molecule has 0 radical (unpaired) electrons. The Balaban J connectivity index is 2.27. The van der Waals surface area contributed by atoms with Gasteiger partial charge < -0.3 is 5.32 Å². The van der Waals surface area contributed by atoms with Crippen LogP contribution in [0.5, 0.6) is 0 Å². The van der Waals surface area contributed by atoms with E-state index >= 15 is 0 Å². The quantitative estimate of drug-likeness (QED) is 0.804. The van der Waals surface area contributed by atoms with Gasteiger partial charge in [0.1, 0.15) is 0 Å². The lowest BCUT2D eigenvalue weighted by atomic mass is 9.78. The number of hydrogen-bond acceptors (Lipinski definition) is 4. The fourth-order valence-corrected chi connectivity index (χ4v) is 2.85. The predicted molar refractivity (Wildman–Crippen MR) is 66.6 cm³/mol. The molecular formula is C11H15N3O2S. The summed E-state index contributed by atoms with van der Waals surface area (Å²) in [6, 6.07) is -0.317. The highest BCUT2D eigenvalue weighted by molar-refractivity contribution is 7.17. The molecule has 92 valence electrons. The molecule has 0 spiro atoms. The van der Waals surface area contributed by atoms with Gasteiger partial charge in [0, 0.05) is 13.5 Å². The monoisotopic (exact) mass is 253 g/mol. The number of fused-ring (bicyclic) bond motifs is 1. The fourth-order valence-electron chi connectivity index (χ4n) is 1.93. The van der Waals surface area contributed by atoms with Gasteiger partial charge in [0.05, 0.1) is 10.6 Å². The number of anilines is 1. The number of carbonyl (C=O) groups is 2. The molecule has 1 aromatic rings. The molecule has 0 aromatic carbocycles. The van der Waals surface area contributed by atoms with Crippen molar-refractivity contribution in [1.29, 1.82) is 0 Å². The maximum atomic E-state index is 11.9. The molecule has 0 saturated carbocycles. The lowest BCUT2D eigenvalue weighted by Crippen LogP contribution is -2.26. The number of ketones is 1. The van der Waals surface area contributed by atoms with Gasteiger partial charge in [-0.1, -0.05) is 25.2 Å². The fraction of sp³-hybridized carbons (Fsp3) is 0.545. The van der Waals surface area contributed by atoms with E-state index in [1.54, 1.807) is 0 Å². The lowest BCUT2D eigenvalue weighted by molar-refractivity contribution is 0.0916. The zero-order valence-electron chi connectivity index (χ0n) is 10.1. The number of carbonyl (C=O) groups excluding carboxylic acids is 2. The molecule has 2 N–H and O–H groups in total. The van der Waals surface area contributed by atoms with Gasteiger partial charge in [0.2, 0.25) is 0 Å². The minimum atomic E-state index is -0.317. The summed E-state index contributed by atoms with van der Waals surface area (Å²) < 4.78 is 0. The first-order chi connectivity index (χ1) is 7.91. The summed E-state index contributed by atoms with van der Waals surface area (Å²) >= 11 is 1.26.